The zero-order valence-electron chi connectivity index (χ0n) is 14.8. The van der Waals surface area contributed by atoms with Gasteiger partial charge < -0.3 is 14.2 Å². The molecule has 0 saturated heterocycles. The number of nitrogens with zero attached hydrogens (tertiary/aromatic N) is 1. The molecule has 1 fully saturated rings. The number of aromatic nitrogens is 1. The van der Waals surface area contributed by atoms with E-state index < -0.39 is 5.97 Å². The number of rotatable bonds is 2. The first kappa shape index (κ1) is 16.9. The van der Waals surface area contributed by atoms with Crippen LogP contribution in [0.4, 0.5) is 0 Å². The minimum absolute atomic E-state index is 0.0119. The molecule has 2 heterocycles. The van der Waals surface area contributed by atoms with Crippen LogP contribution >= 0.6 is 0 Å². The molecular formula is C21H23NO4. The zero-order valence-corrected chi connectivity index (χ0v) is 14.8. The highest BCUT2D eigenvalue weighted by molar-refractivity contribution is 5.95. The summed E-state index contributed by atoms with van der Waals surface area (Å²) in [6.45, 7) is 0.931. The molecule has 1 aromatic carbocycles. The Morgan fingerprint density at radius 3 is 2.54 bits per heavy atom. The number of ether oxygens (including phenoxy) is 3. The summed E-state index contributed by atoms with van der Waals surface area (Å²) in [5.74, 6) is 0.377. The first-order chi connectivity index (χ1) is 12.8. The third-order valence-electron chi connectivity index (χ3n) is 4.93. The molecule has 4 bridgehead atoms. The van der Waals surface area contributed by atoms with Crippen LogP contribution in [0.3, 0.4) is 0 Å². The van der Waals surface area contributed by atoms with Crippen LogP contribution < -0.4 is 9.47 Å². The van der Waals surface area contributed by atoms with E-state index in [9.17, 15) is 4.79 Å². The van der Waals surface area contributed by atoms with Crippen LogP contribution in [0, 0.1) is 0 Å². The lowest BCUT2D eigenvalue weighted by molar-refractivity contribution is 0.0308. The average molecular weight is 353 g/mol. The number of carbonyl (C=O) groups is 1. The van der Waals surface area contributed by atoms with Gasteiger partial charge in [0.15, 0.2) is 5.56 Å². The normalized spacial score (nSPS) is 17.4. The van der Waals surface area contributed by atoms with Crippen LogP contribution in [0.5, 0.6) is 11.6 Å². The quantitative estimate of drug-likeness (QED) is 0.770. The molecular weight excluding hydrogens is 330 g/mol. The fourth-order valence-electron chi connectivity index (χ4n) is 3.55. The Kier molecular flexibility index (Phi) is 5.04. The van der Waals surface area contributed by atoms with Gasteiger partial charge in [0.05, 0.1) is 13.2 Å². The van der Waals surface area contributed by atoms with Gasteiger partial charge in [-0.1, -0.05) is 24.3 Å². The van der Waals surface area contributed by atoms with Crippen molar-refractivity contribution in [1.82, 2.24) is 4.98 Å². The summed E-state index contributed by atoms with van der Waals surface area (Å²) in [4.78, 5) is 17.1. The molecule has 0 unspecified atom stereocenters. The second-order valence-electron chi connectivity index (χ2n) is 6.82. The summed E-state index contributed by atoms with van der Waals surface area (Å²) in [5, 5.41) is 0. The highest BCUT2D eigenvalue weighted by Crippen LogP contribution is 2.30. The van der Waals surface area contributed by atoms with Gasteiger partial charge in [-0.25, -0.2) is 9.78 Å². The number of carbonyl (C=O) groups excluding carboxylic acids is 1. The van der Waals surface area contributed by atoms with Crippen LogP contribution in [-0.4, -0.2) is 30.3 Å². The van der Waals surface area contributed by atoms with E-state index in [2.05, 4.69) is 29.2 Å². The van der Waals surface area contributed by atoms with Gasteiger partial charge in [0, 0.05) is 19.0 Å². The number of benzene rings is 1. The van der Waals surface area contributed by atoms with E-state index in [4.69, 9.17) is 14.2 Å². The Hall–Kier alpha value is -2.56. The van der Waals surface area contributed by atoms with Gasteiger partial charge in [-0.3, -0.25) is 0 Å². The van der Waals surface area contributed by atoms with Crippen LogP contribution in [-0.2, 0) is 17.6 Å². The summed E-state index contributed by atoms with van der Waals surface area (Å²) < 4.78 is 17.4. The third kappa shape index (κ3) is 3.82. The monoisotopic (exact) mass is 353 g/mol. The molecule has 1 aliphatic carbocycles. The van der Waals surface area contributed by atoms with E-state index in [0.29, 0.717) is 30.4 Å². The van der Waals surface area contributed by atoms with Crippen LogP contribution in [0.2, 0.25) is 0 Å². The molecule has 0 spiro atoms. The fraction of sp³-hybridized carbons (Fsp3) is 0.429. The van der Waals surface area contributed by atoms with Crippen LogP contribution in [0.15, 0.2) is 36.5 Å². The Balaban J connectivity index is 1.59. The average Bonchev–Trinajstić information content (AvgIpc) is 3.14. The molecule has 26 heavy (non-hydrogen) atoms. The number of esters is 1. The molecule has 5 heteroatoms. The Labute approximate surface area is 153 Å². The minimum atomic E-state index is -0.398. The predicted octanol–water partition coefficient (Wildman–Crippen LogP) is 3.74. The van der Waals surface area contributed by atoms with Gasteiger partial charge in [0.25, 0.3) is 0 Å². The molecule has 5 nitrogen and oxygen atoms in total. The first-order valence-electron chi connectivity index (χ1n) is 9.33. The molecule has 2 aromatic rings. The van der Waals surface area contributed by atoms with E-state index in [0.717, 1.165) is 38.5 Å². The largest absolute Gasteiger partial charge is 0.492 e. The van der Waals surface area contributed by atoms with Gasteiger partial charge in [-0.05, 0) is 42.9 Å². The molecule has 1 saturated carbocycles. The first-order valence-corrected chi connectivity index (χ1v) is 9.33. The van der Waals surface area contributed by atoms with Crippen molar-refractivity contribution in [3.8, 4) is 11.6 Å². The van der Waals surface area contributed by atoms with Crippen LogP contribution in [0.25, 0.3) is 0 Å². The highest BCUT2D eigenvalue weighted by Gasteiger charge is 2.26. The number of pyridine rings is 1. The van der Waals surface area contributed by atoms with Crippen molar-refractivity contribution >= 4 is 5.97 Å². The van der Waals surface area contributed by atoms with Gasteiger partial charge in [-0.15, -0.1) is 0 Å². The lowest BCUT2D eigenvalue weighted by Gasteiger charge is -2.18. The molecule has 2 aliphatic rings. The molecule has 1 aliphatic heterocycles. The second kappa shape index (κ2) is 7.77. The SMILES string of the molecule is O=C(OC1CCCC1)c1c2ccnc1OCCc1cccc(c1)CCO2. The van der Waals surface area contributed by atoms with Crippen molar-refractivity contribution in [1.29, 1.82) is 0 Å². The van der Waals surface area contributed by atoms with E-state index in [1.807, 2.05) is 0 Å². The molecule has 0 amide bonds. The lowest BCUT2D eigenvalue weighted by Crippen LogP contribution is -2.18. The number of hydrogen-bond acceptors (Lipinski definition) is 5. The number of fused-ring (bicyclic) bond motifs is 4. The summed E-state index contributed by atoms with van der Waals surface area (Å²) in [6.07, 6.45) is 7.20. The Morgan fingerprint density at radius 2 is 1.77 bits per heavy atom. The van der Waals surface area contributed by atoms with Crippen molar-refractivity contribution < 1.29 is 19.0 Å². The van der Waals surface area contributed by atoms with Crippen molar-refractivity contribution in [3.63, 3.8) is 0 Å². The van der Waals surface area contributed by atoms with E-state index >= 15 is 0 Å². The summed E-state index contributed by atoms with van der Waals surface area (Å²) >= 11 is 0. The van der Waals surface area contributed by atoms with Crippen molar-refractivity contribution in [2.75, 3.05) is 13.2 Å². The second-order valence-corrected chi connectivity index (χ2v) is 6.82. The van der Waals surface area contributed by atoms with Gasteiger partial charge in [0.2, 0.25) is 5.88 Å². The molecule has 4 rings (SSSR count). The molecule has 1 aromatic heterocycles. The highest BCUT2D eigenvalue weighted by atomic mass is 16.6. The summed E-state index contributed by atoms with van der Waals surface area (Å²) in [5.41, 5.74) is 2.73. The van der Waals surface area contributed by atoms with Crippen molar-refractivity contribution in [2.24, 2.45) is 0 Å². The topological polar surface area (TPSA) is 57.7 Å². The maximum atomic E-state index is 12.8. The third-order valence-corrected chi connectivity index (χ3v) is 4.93. The summed E-state index contributed by atoms with van der Waals surface area (Å²) in [6, 6.07) is 10.1. The Bertz CT molecular complexity index is 740. The van der Waals surface area contributed by atoms with Crippen molar-refractivity contribution in [2.45, 2.75) is 44.6 Å². The van der Waals surface area contributed by atoms with Gasteiger partial charge in [0.1, 0.15) is 11.9 Å². The maximum absolute atomic E-state index is 12.8. The van der Waals surface area contributed by atoms with Gasteiger partial charge >= 0.3 is 5.97 Å². The maximum Gasteiger partial charge on any atom is 0.347 e. The standard InChI is InChI=1S/C21H23NO4/c23-21(26-17-6-1-2-7-17)19-18-8-11-22-20(19)25-13-10-16-5-3-4-15(14-16)9-12-24-18/h3-5,8,11,14,17H,1-2,6-7,9-10,12-13H2. The molecule has 0 atom stereocenters. The molecule has 0 N–H and O–H groups in total. The lowest BCUT2D eigenvalue weighted by atomic mass is 10.1. The molecule has 0 radical (unpaired) electrons. The predicted molar refractivity (Wildman–Crippen MR) is 96.7 cm³/mol. The van der Waals surface area contributed by atoms with E-state index in [1.54, 1.807) is 12.3 Å². The summed E-state index contributed by atoms with van der Waals surface area (Å²) in [7, 11) is 0. The van der Waals surface area contributed by atoms with Crippen LogP contribution in [0.1, 0.15) is 47.2 Å². The van der Waals surface area contributed by atoms with Gasteiger partial charge in [-0.2, -0.15) is 0 Å². The molecule has 136 valence electrons. The Morgan fingerprint density at radius 1 is 1.04 bits per heavy atom. The number of hydrogen-bond donors (Lipinski definition) is 0. The fourth-order valence-corrected chi connectivity index (χ4v) is 3.55. The smallest absolute Gasteiger partial charge is 0.347 e. The minimum Gasteiger partial charge on any atom is -0.492 e. The zero-order chi connectivity index (χ0) is 17.8. The van der Waals surface area contributed by atoms with E-state index in [-0.39, 0.29) is 6.10 Å². The van der Waals surface area contributed by atoms with Crippen molar-refractivity contribution in [3.05, 3.63) is 53.2 Å². The van der Waals surface area contributed by atoms with E-state index in [1.165, 1.54) is 11.1 Å².